The molecule has 3 rings (SSSR count). The van der Waals surface area contributed by atoms with Gasteiger partial charge < -0.3 is 14.8 Å². The normalized spacial score (nSPS) is 11.1. The zero-order valence-electron chi connectivity index (χ0n) is 16.4. The van der Waals surface area contributed by atoms with E-state index < -0.39 is 0 Å². The van der Waals surface area contributed by atoms with Crippen molar-refractivity contribution in [3.05, 3.63) is 76.5 Å². The molecular weight excluding hydrogens is 481 g/mol. The van der Waals surface area contributed by atoms with E-state index in [1.54, 1.807) is 0 Å². The SMILES string of the molecule is CCNC(=NCc1cccc(Cn2ccnc2)c1)N(C)CCc1cccs1.I. The van der Waals surface area contributed by atoms with Gasteiger partial charge in [0.15, 0.2) is 5.96 Å². The van der Waals surface area contributed by atoms with Gasteiger partial charge >= 0.3 is 0 Å². The number of hydrogen-bond donors (Lipinski definition) is 1. The molecule has 0 radical (unpaired) electrons. The van der Waals surface area contributed by atoms with E-state index in [9.17, 15) is 0 Å². The van der Waals surface area contributed by atoms with Crippen molar-refractivity contribution >= 4 is 41.3 Å². The van der Waals surface area contributed by atoms with Crippen LogP contribution in [-0.2, 0) is 19.5 Å². The van der Waals surface area contributed by atoms with Gasteiger partial charge in [-0.2, -0.15) is 0 Å². The quantitative estimate of drug-likeness (QED) is 0.281. The summed E-state index contributed by atoms with van der Waals surface area (Å²) in [7, 11) is 2.10. The maximum Gasteiger partial charge on any atom is 0.193 e. The van der Waals surface area contributed by atoms with E-state index in [0.29, 0.717) is 6.54 Å². The minimum atomic E-state index is 0. The molecule has 1 aromatic carbocycles. The number of benzene rings is 1. The number of nitrogens with zero attached hydrogens (tertiary/aromatic N) is 4. The number of aromatic nitrogens is 2. The third-order valence-electron chi connectivity index (χ3n) is 4.30. The summed E-state index contributed by atoms with van der Waals surface area (Å²) in [5.41, 5.74) is 2.48. The van der Waals surface area contributed by atoms with Gasteiger partial charge in [0.25, 0.3) is 0 Å². The maximum absolute atomic E-state index is 4.84. The zero-order chi connectivity index (χ0) is 18.9. The minimum Gasteiger partial charge on any atom is -0.357 e. The number of guanidine groups is 1. The lowest BCUT2D eigenvalue weighted by atomic mass is 10.1. The Kier molecular flexibility index (Phi) is 9.49. The van der Waals surface area contributed by atoms with Gasteiger partial charge in [0, 0.05) is 44.0 Å². The molecule has 2 aromatic heterocycles. The van der Waals surface area contributed by atoms with E-state index in [2.05, 4.69) is 75.5 Å². The number of likely N-dealkylation sites (N-methyl/N-ethyl adjacent to an activating group) is 1. The Balaban J connectivity index is 0.00000280. The number of imidazole rings is 1. The van der Waals surface area contributed by atoms with Gasteiger partial charge in [-0.25, -0.2) is 9.98 Å². The monoisotopic (exact) mass is 509 g/mol. The van der Waals surface area contributed by atoms with Crippen molar-refractivity contribution in [3.8, 4) is 0 Å². The van der Waals surface area contributed by atoms with Crippen LogP contribution in [0, 0.1) is 0 Å². The maximum atomic E-state index is 4.84. The molecule has 0 fully saturated rings. The van der Waals surface area contributed by atoms with Crippen molar-refractivity contribution in [2.24, 2.45) is 4.99 Å². The van der Waals surface area contributed by atoms with Crippen LogP contribution >= 0.6 is 35.3 Å². The predicted molar refractivity (Wildman–Crippen MR) is 129 cm³/mol. The summed E-state index contributed by atoms with van der Waals surface area (Å²) in [5.74, 6) is 0.953. The molecule has 0 saturated carbocycles. The summed E-state index contributed by atoms with van der Waals surface area (Å²) < 4.78 is 2.07. The van der Waals surface area contributed by atoms with Crippen molar-refractivity contribution < 1.29 is 0 Å². The van der Waals surface area contributed by atoms with E-state index in [1.165, 1.54) is 16.0 Å². The average Bonchev–Trinajstić information content (AvgIpc) is 3.37. The second kappa shape index (κ2) is 11.9. The second-order valence-electron chi connectivity index (χ2n) is 6.48. The molecule has 0 atom stereocenters. The Morgan fingerprint density at radius 1 is 1.25 bits per heavy atom. The highest BCUT2D eigenvalue weighted by Gasteiger charge is 2.06. The molecule has 0 spiro atoms. The molecule has 0 aliphatic carbocycles. The molecule has 0 unspecified atom stereocenters. The summed E-state index contributed by atoms with van der Waals surface area (Å²) in [5, 5.41) is 5.53. The third kappa shape index (κ3) is 6.94. The lowest BCUT2D eigenvalue weighted by molar-refractivity contribution is 0.486. The molecule has 0 aliphatic heterocycles. The van der Waals surface area contributed by atoms with Gasteiger partial charge in [0.05, 0.1) is 12.9 Å². The number of nitrogens with one attached hydrogen (secondary N) is 1. The third-order valence-corrected chi connectivity index (χ3v) is 5.23. The van der Waals surface area contributed by atoms with Crippen LogP contribution in [-0.4, -0.2) is 40.5 Å². The first-order valence-electron chi connectivity index (χ1n) is 9.30. The predicted octanol–water partition coefficient (Wildman–Crippen LogP) is 4.25. The highest BCUT2D eigenvalue weighted by Crippen LogP contribution is 2.11. The zero-order valence-corrected chi connectivity index (χ0v) is 19.6. The fraction of sp³-hybridized carbons (Fsp3) is 0.333. The van der Waals surface area contributed by atoms with E-state index in [1.807, 2.05) is 30.1 Å². The molecule has 150 valence electrons. The Morgan fingerprint density at radius 2 is 2.11 bits per heavy atom. The number of rotatable bonds is 8. The van der Waals surface area contributed by atoms with Gasteiger partial charge in [-0.3, -0.25) is 0 Å². The highest BCUT2D eigenvalue weighted by atomic mass is 127. The van der Waals surface area contributed by atoms with Crippen LogP contribution in [0.15, 0.2) is 65.5 Å². The van der Waals surface area contributed by atoms with Crippen LogP contribution in [0.1, 0.15) is 22.9 Å². The highest BCUT2D eigenvalue weighted by molar-refractivity contribution is 14.0. The van der Waals surface area contributed by atoms with Crippen LogP contribution < -0.4 is 5.32 Å². The molecule has 0 amide bonds. The summed E-state index contributed by atoms with van der Waals surface area (Å²) in [6.45, 7) is 5.42. The lowest BCUT2D eigenvalue weighted by Gasteiger charge is -2.21. The summed E-state index contributed by atoms with van der Waals surface area (Å²) in [6.07, 6.45) is 6.68. The van der Waals surface area contributed by atoms with Crippen molar-refractivity contribution in [2.75, 3.05) is 20.1 Å². The topological polar surface area (TPSA) is 45.5 Å². The van der Waals surface area contributed by atoms with Crippen LogP contribution in [0.4, 0.5) is 0 Å². The molecule has 0 aliphatic rings. The molecule has 5 nitrogen and oxygen atoms in total. The van der Waals surface area contributed by atoms with Gasteiger partial charge in [-0.15, -0.1) is 35.3 Å². The number of hydrogen-bond acceptors (Lipinski definition) is 3. The Hall–Kier alpha value is -1.87. The van der Waals surface area contributed by atoms with Crippen molar-refractivity contribution in [1.29, 1.82) is 0 Å². The molecule has 2 heterocycles. The number of aliphatic imine (C=N–C) groups is 1. The Morgan fingerprint density at radius 3 is 2.82 bits per heavy atom. The summed E-state index contributed by atoms with van der Waals surface area (Å²) >= 11 is 1.81. The average molecular weight is 509 g/mol. The molecule has 7 heteroatoms. The smallest absolute Gasteiger partial charge is 0.193 e. The molecule has 0 saturated heterocycles. The largest absolute Gasteiger partial charge is 0.357 e. The minimum absolute atomic E-state index is 0. The van der Waals surface area contributed by atoms with Crippen LogP contribution in [0.3, 0.4) is 0 Å². The van der Waals surface area contributed by atoms with Crippen LogP contribution in [0.2, 0.25) is 0 Å². The van der Waals surface area contributed by atoms with E-state index in [4.69, 9.17) is 4.99 Å². The van der Waals surface area contributed by atoms with E-state index in [-0.39, 0.29) is 24.0 Å². The first-order valence-corrected chi connectivity index (χ1v) is 10.2. The van der Waals surface area contributed by atoms with E-state index in [0.717, 1.165) is 32.0 Å². The van der Waals surface area contributed by atoms with Gasteiger partial charge in [-0.1, -0.05) is 30.3 Å². The Labute approximate surface area is 188 Å². The van der Waals surface area contributed by atoms with E-state index >= 15 is 0 Å². The lowest BCUT2D eigenvalue weighted by Crippen LogP contribution is -2.39. The van der Waals surface area contributed by atoms with Gasteiger partial charge in [0.1, 0.15) is 0 Å². The molecule has 0 bridgehead atoms. The van der Waals surface area contributed by atoms with Crippen LogP contribution in [0.25, 0.3) is 0 Å². The fourth-order valence-electron chi connectivity index (χ4n) is 2.89. The van der Waals surface area contributed by atoms with Gasteiger partial charge in [0.2, 0.25) is 0 Å². The standard InChI is InChI=1S/C21H27N5S.HI/c1-3-23-21(25(2)11-9-20-8-5-13-27-20)24-15-18-6-4-7-19(14-18)16-26-12-10-22-17-26;/h4-8,10,12-14,17H,3,9,11,15-16H2,1-2H3,(H,23,24);1H. The van der Waals surface area contributed by atoms with Crippen molar-refractivity contribution in [2.45, 2.75) is 26.4 Å². The molecule has 1 N–H and O–H groups in total. The molecular formula is C21H28IN5S. The molecule has 3 aromatic rings. The van der Waals surface area contributed by atoms with Crippen molar-refractivity contribution in [3.63, 3.8) is 0 Å². The second-order valence-corrected chi connectivity index (χ2v) is 7.51. The van der Waals surface area contributed by atoms with Gasteiger partial charge in [-0.05, 0) is 35.9 Å². The Bertz CT molecular complexity index is 830. The fourth-order valence-corrected chi connectivity index (χ4v) is 3.59. The summed E-state index contributed by atoms with van der Waals surface area (Å²) in [6, 6.07) is 12.9. The number of thiophene rings is 1. The van der Waals surface area contributed by atoms with Crippen molar-refractivity contribution in [1.82, 2.24) is 19.8 Å². The van der Waals surface area contributed by atoms with Crippen LogP contribution in [0.5, 0.6) is 0 Å². The molecule has 28 heavy (non-hydrogen) atoms. The summed E-state index contributed by atoms with van der Waals surface area (Å²) in [4.78, 5) is 12.6. The first kappa shape index (κ1) is 22.4. The first-order chi connectivity index (χ1) is 13.2. The number of halogens is 1.